The molecule has 2 fully saturated rings. The van der Waals surface area contributed by atoms with Crippen molar-refractivity contribution in [3.8, 4) is 0 Å². The molecule has 0 unspecified atom stereocenters. The van der Waals surface area contributed by atoms with E-state index in [-0.39, 0.29) is 42.8 Å². The van der Waals surface area contributed by atoms with Crippen molar-refractivity contribution in [1.82, 2.24) is 20.2 Å². The van der Waals surface area contributed by atoms with Gasteiger partial charge in [-0.15, -0.1) is 37.2 Å². The second kappa shape index (κ2) is 12.2. The van der Waals surface area contributed by atoms with Gasteiger partial charge in [-0.3, -0.25) is 4.90 Å². The molecule has 2 aliphatic heterocycles. The second-order valence-electron chi connectivity index (χ2n) is 7.80. The van der Waals surface area contributed by atoms with E-state index in [1.54, 1.807) is 11.8 Å². The number of piperazine rings is 1. The van der Waals surface area contributed by atoms with Gasteiger partial charge in [0.15, 0.2) is 5.16 Å². The number of aromatic amines is 1. The fourth-order valence-corrected chi connectivity index (χ4v) is 5.01. The number of nitrogens with one attached hydrogen (secondary N) is 2. The summed E-state index contributed by atoms with van der Waals surface area (Å²) in [5.74, 6) is 0.977. The molecule has 0 atom stereocenters. The minimum Gasteiger partial charge on any atom is -0.379 e. The lowest BCUT2D eigenvalue weighted by Gasteiger charge is -2.40. The van der Waals surface area contributed by atoms with Crippen LogP contribution in [0.15, 0.2) is 17.3 Å². The first kappa shape index (κ1) is 27.9. The fourth-order valence-electron chi connectivity index (χ4n) is 3.72. The lowest BCUT2D eigenvalue weighted by molar-refractivity contribution is -0.00238. The number of nitrogens with zero attached hydrogens (tertiary/aromatic N) is 3. The average Bonchev–Trinajstić information content (AvgIpc) is 3.09. The molecule has 11 heteroatoms. The van der Waals surface area contributed by atoms with Gasteiger partial charge in [-0.25, -0.2) is 4.98 Å². The molecule has 1 aromatic carbocycles. The Kier molecular flexibility index (Phi) is 11.4. The standard InChI is InChI=1S/C19H28ClN5OS.3ClH/c1-19(2,25-7-9-26-10-8-25)13-27-18-22-15-11-14(20)17(12-16(15)23-18)24-5-3-21-4-6-24;;;/h11-12,21H,3-10,13H2,1-2H3,(H,22,23);3*1H. The van der Waals surface area contributed by atoms with Gasteiger partial charge in [-0.05, 0) is 26.0 Å². The number of halogens is 4. The topological polar surface area (TPSA) is 56.4 Å². The molecule has 6 nitrogen and oxygen atoms in total. The van der Waals surface area contributed by atoms with E-state index in [4.69, 9.17) is 21.3 Å². The Morgan fingerprint density at radius 3 is 2.43 bits per heavy atom. The van der Waals surface area contributed by atoms with E-state index in [1.165, 1.54) is 0 Å². The maximum atomic E-state index is 6.56. The third-order valence-electron chi connectivity index (χ3n) is 5.42. The summed E-state index contributed by atoms with van der Waals surface area (Å²) >= 11 is 8.33. The van der Waals surface area contributed by atoms with Gasteiger partial charge in [0.1, 0.15) is 0 Å². The van der Waals surface area contributed by atoms with Crippen molar-refractivity contribution in [2.45, 2.75) is 24.5 Å². The first-order valence-electron chi connectivity index (χ1n) is 9.63. The minimum absolute atomic E-state index is 0. The maximum absolute atomic E-state index is 6.56. The highest BCUT2D eigenvalue weighted by Gasteiger charge is 2.28. The summed E-state index contributed by atoms with van der Waals surface area (Å²) in [6.45, 7) is 12.2. The van der Waals surface area contributed by atoms with Crippen LogP contribution >= 0.6 is 60.6 Å². The van der Waals surface area contributed by atoms with Crippen LogP contribution in [0.5, 0.6) is 0 Å². The van der Waals surface area contributed by atoms with Crippen LogP contribution in [0, 0.1) is 0 Å². The van der Waals surface area contributed by atoms with E-state index >= 15 is 0 Å². The van der Waals surface area contributed by atoms with Crippen molar-refractivity contribution in [1.29, 1.82) is 0 Å². The number of H-pyrrole nitrogens is 1. The van der Waals surface area contributed by atoms with Crippen LogP contribution < -0.4 is 10.2 Å². The average molecular weight is 519 g/mol. The van der Waals surface area contributed by atoms with Gasteiger partial charge in [0.2, 0.25) is 0 Å². The van der Waals surface area contributed by atoms with Gasteiger partial charge in [0.25, 0.3) is 0 Å². The number of benzene rings is 1. The largest absolute Gasteiger partial charge is 0.379 e. The molecule has 0 bridgehead atoms. The number of imidazole rings is 1. The Bertz CT molecular complexity index is 795. The summed E-state index contributed by atoms with van der Waals surface area (Å²) in [5, 5.41) is 5.12. The molecule has 0 radical (unpaired) electrons. The third kappa shape index (κ3) is 6.45. The predicted octanol–water partition coefficient (Wildman–Crippen LogP) is 4.09. The number of aromatic nitrogens is 2. The van der Waals surface area contributed by atoms with Gasteiger partial charge in [0, 0.05) is 50.6 Å². The van der Waals surface area contributed by atoms with E-state index < -0.39 is 0 Å². The molecule has 1 aromatic heterocycles. The molecule has 2 saturated heterocycles. The van der Waals surface area contributed by atoms with Gasteiger partial charge in [-0.2, -0.15) is 0 Å². The van der Waals surface area contributed by atoms with Gasteiger partial charge < -0.3 is 19.9 Å². The number of hydrogen-bond donors (Lipinski definition) is 2. The van der Waals surface area contributed by atoms with E-state index in [0.717, 1.165) is 85.1 Å². The normalized spacial score (nSPS) is 17.8. The summed E-state index contributed by atoms with van der Waals surface area (Å²) in [6.07, 6.45) is 0. The van der Waals surface area contributed by atoms with Crippen LogP contribution in [0.2, 0.25) is 5.02 Å². The number of fused-ring (bicyclic) bond motifs is 1. The molecule has 30 heavy (non-hydrogen) atoms. The molecule has 0 aliphatic carbocycles. The van der Waals surface area contributed by atoms with Gasteiger partial charge in [0.05, 0.1) is 35.0 Å². The highest BCUT2D eigenvalue weighted by Crippen LogP contribution is 2.33. The van der Waals surface area contributed by atoms with Crippen molar-refractivity contribution >= 4 is 77.3 Å². The van der Waals surface area contributed by atoms with Crippen LogP contribution in [0.1, 0.15) is 13.8 Å². The smallest absolute Gasteiger partial charge is 0.166 e. The summed E-state index contributed by atoms with van der Waals surface area (Å²) in [7, 11) is 0. The molecule has 4 rings (SSSR count). The third-order valence-corrected chi connectivity index (χ3v) is 7.04. The molecule has 3 heterocycles. The van der Waals surface area contributed by atoms with Crippen molar-refractivity contribution in [3.63, 3.8) is 0 Å². The van der Waals surface area contributed by atoms with Gasteiger partial charge in [-0.1, -0.05) is 23.4 Å². The Labute approximate surface area is 206 Å². The van der Waals surface area contributed by atoms with Crippen LogP contribution in [0.25, 0.3) is 11.0 Å². The number of rotatable bonds is 5. The molecule has 0 spiro atoms. The molecule has 2 N–H and O–H groups in total. The second-order valence-corrected chi connectivity index (χ2v) is 9.17. The molecule has 2 aliphatic rings. The quantitative estimate of drug-likeness (QED) is 0.581. The number of hydrogen-bond acceptors (Lipinski definition) is 6. The van der Waals surface area contributed by atoms with Crippen LogP contribution in [0.3, 0.4) is 0 Å². The number of ether oxygens (including phenoxy) is 1. The Hall–Kier alpha value is -0.120. The Morgan fingerprint density at radius 1 is 1.10 bits per heavy atom. The van der Waals surface area contributed by atoms with Crippen LogP contribution in [-0.2, 0) is 4.74 Å². The molecular formula is C19H31Cl4N5OS. The zero-order valence-electron chi connectivity index (χ0n) is 17.3. The van der Waals surface area contributed by atoms with Crippen molar-refractivity contribution in [2.24, 2.45) is 0 Å². The summed E-state index contributed by atoms with van der Waals surface area (Å²) in [5.41, 5.74) is 3.20. The monoisotopic (exact) mass is 517 g/mol. The summed E-state index contributed by atoms with van der Waals surface area (Å²) in [6, 6.07) is 4.13. The van der Waals surface area contributed by atoms with Crippen LogP contribution in [0.4, 0.5) is 5.69 Å². The first-order chi connectivity index (χ1) is 13.0. The van der Waals surface area contributed by atoms with E-state index in [2.05, 4.69) is 40.0 Å². The minimum atomic E-state index is 0. The molecule has 172 valence electrons. The van der Waals surface area contributed by atoms with Crippen molar-refractivity contribution in [3.05, 3.63) is 17.2 Å². The Morgan fingerprint density at radius 2 is 1.77 bits per heavy atom. The summed E-state index contributed by atoms with van der Waals surface area (Å²) < 4.78 is 5.48. The highest BCUT2D eigenvalue weighted by molar-refractivity contribution is 7.99. The number of anilines is 1. The zero-order chi connectivity index (χ0) is 18.9. The lowest BCUT2D eigenvalue weighted by atomic mass is 10.1. The van der Waals surface area contributed by atoms with E-state index in [9.17, 15) is 0 Å². The van der Waals surface area contributed by atoms with E-state index in [1.807, 2.05) is 6.07 Å². The lowest BCUT2D eigenvalue weighted by Crippen LogP contribution is -2.51. The van der Waals surface area contributed by atoms with Crippen LogP contribution in [-0.4, -0.2) is 78.6 Å². The fraction of sp³-hybridized carbons (Fsp3) is 0.632. The van der Waals surface area contributed by atoms with Crippen molar-refractivity contribution < 1.29 is 4.74 Å². The van der Waals surface area contributed by atoms with E-state index in [0.29, 0.717) is 0 Å². The SMILES string of the molecule is CC(C)(CSc1nc2cc(Cl)c(N3CCNCC3)cc2[nH]1)N1CCOCC1.Cl.Cl.Cl. The summed E-state index contributed by atoms with van der Waals surface area (Å²) in [4.78, 5) is 13.1. The molecular weight excluding hydrogens is 488 g/mol. The molecule has 0 amide bonds. The Balaban J connectivity index is 0.00000150. The molecule has 2 aromatic rings. The van der Waals surface area contributed by atoms with Gasteiger partial charge >= 0.3 is 0 Å². The first-order valence-corrected chi connectivity index (χ1v) is 11.0. The highest BCUT2D eigenvalue weighted by atomic mass is 35.5. The number of morpholine rings is 1. The predicted molar refractivity (Wildman–Crippen MR) is 135 cm³/mol. The maximum Gasteiger partial charge on any atom is 0.166 e. The zero-order valence-corrected chi connectivity index (χ0v) is 21.3. The molecule has 0 saturated carbocycles. The van der Waals surface area contributed by atoms with Crippen molar-refractivity contribution in [2.75, 3.05) is 63.1 Å². The number of thioether (sulfide) groups is 1.